The minimum Gasteiger partial charge on any atom is -0.459 e. The van der Waals surface area contributed by atoms with Gasteiger partial charge in [0.15, 0.2) is 0 Å². The zero-order valence-electron chi connectivity index (χ0n) is 18.8. The van der Waals surface area contributed by atoms with Crippen molar-refractivity contribution >= 4 is 50.3 Å². The number of carbonyl (C=O) groups is 1. The summed E-state index contributed by atoms with van der Waals surface area (Å²) in [5, 5.41) is 1.88. The fourth-order valence-corrected chi connectivity index (χ4v) is 4.74. The van der Waals surface area contributed by atoms with Crippen LogP contribution in [0.5, 0.6) is 11.5 Å². The van der Waals surface area contributed by atoms with Crippen LogP contribution in [-0.4, -0.2) is 29.3 Å². The maximum Gasteiger partial charge on any atom is 0.327 e. The lowest BCUT2D eigenvalue weighted by Gasteiger charge is -2.45. The number of fused-ring (bicyclic) bond motifs is 4. The predicted molar refractivity (Wildman–Crippen MR) is 132 cm³/mol. The van der Waals surface area contributed by atoms with E-state index in [4.69, 9.17) is 14.5 Å². The summed E-state index contributed by atoms with van der Waals surface area (Å²) in [6.45, 7) is 7.90. The van der Waals surface area contributed by atoms with Crippen LogP contribution in [0.15, 0.2) is 59.6 Å². The second kappa shape index (κ2) is 6.82. The van der Waals surface area contributed by atoms with Crippen molar-refractivity contribution in [2.75, 3.05) is 11.9 Å². The van der Waals surface area contributed by atoms with Crippen LogP contribution in [0.25, 0.3) is 10.8 Å². The number of nitrogens with zero attached hydrogens (tertiary/aromatic N) is 2. The van der Waals surface area contributed by atoms with Crippen molar-refractivity contribution in [2.45, 2.75) is 43.2 Å². The van der Waals surface area contributed by atoms with Crippen molar-refractivity contribution in [3.63, 3.8) is 0 Å². The van der Waals surface area contributed by atoms with Gasteiger partial charge in [0.2, 0.25) is 5.72 Å². The molecule has 5 nitrogen and oxygen atoms in total. The Hall–Kier alpha value is -2.86. The third kappa shape index (κ3) is 2.89. The Morgan fingerprint density at radius 1 is 1.12 bits per heavy atom. The second-order valence-electron chi connectivity index (χ2n) is 9.42. The highest BCUT2D eigenvalue weighted by molar-refractivity contribution is 9.10. The van der Waals surface area contributed by atoms with Crippen LogP contribution in [0.1, 0.15) is 33.3 Å². The molecule has 0 bridgehead atoms. The van der Waals surface area contributed by atoms with Gasteiger partial charge in [-0.2, -0.15) is 0 Å². The number of alkyl halides is 1. The molecule has 5 rings (SSSR count). The molecule has 2 aliphatic heterocycles. The van der Waals surface area contributed by atoms with Crippen LogP contribution in [0.2, 0.25) is 0 Å². The molecule has 0 saturated heterocycles. The van der Waals surface area contributed by atoms with Crippen LogP contribution in [-0.2, 0) is 10.2 Å². The summed E-state index contributed by atoms with van der Waals surface area (Å²) >= 11 is 3.34. The monoisotopic (exact) mass is 492 g/mol. The number of para-hydroxylation sites is 1. The van der Waals surface area contributed by atoms with Crippen molar-refractivity contribution in [3.05, 3.63) is 60.2 Å². The maximum absolute atomic E-state index is 12.2. The molecule has 0 aromatic heterocycles. The van der Waals surface area contributed by atoms with Gasteiger partial charge in [-0.05, 0) is 69.0 Å². The highest BCUT2D eigenvalue weighted by atomic mass is 79.9. The highest BCUT2D eigenvalue weighted by Gasteiger charge is 2.58. The molecular weight excluding hydrogens is 468 g/mol. The van der Waals surface area contributed by atoms with Gasteiger partial charge in [0.05, 0.1) is 11.6 Å². The number of ether oxygens (including phenoxy) is 2. The number of benzene rings is 3. The molecule has 164 valence electrons. The fraction of sp³-hybridized carbons (Fsp3) is 0.308. The number of aliphatic imine (C=N–C) groups is 1. The minimum absolute atomic E-state index is 0.297. The summed E-state index contributed by atoms with van der Waals surface area (Å²) in [6.07, 6.45) is 1.93. The lowest BCUT2D eigenvalue weighted by Crippen LogP contribution is -2.61. The quantitative estimate of drug-likeness (QED) is 0.245. The summed E-state index contributed by atoms with van der Waals surface area (Å²) in [6, 6.07) is 17.9. The van der Waals surface area contributed by atoms with Crippen LogP contribution in [0.4, 0.5) is 11.4 Å². The summed E-state index contributed by atoms with van der Waals surface area (Å²) in [7, 11) is 2.05. The Morgan fingerprint density at radius 3 is 2.59 bits per heavy atom. The molecule has 2 aliphatic rings. The molecule has 0 radical (unpaired) electrons. The third-order valence-corrected chi connectivity index (χ3v) is 6.91. The molecule has 0 N–H and O–H groups in total. The van der Waals surface area contributed by atoms with E-state index in [0.29, 0.717) is 5.75 Å². The average Bonchev–Trinajstić information content (AvgIpc) is 2.91. The lowest BCUT2D eigenvalue weighted by atomic mass is 9.77. The molecular formula is C26H25BrN2O3. The Morgan fingerprint density at radius 2 is 1.88 bits per heavy atom. The van der Waals surface area contributed by atoms with E-state index in [9.17, 15) is 4.79 Å². The van der Waals surface area contributed by atoms with Gasteiger partial charge >= 0.3 is 5.97 Å². The lowest BCUT2D eigenvalue weighted by molar-refractivity contribution is -0.136. The number of hydrogen-bond donors (Lipinski definition) is 0. The third-order valence-electron chi connectivity index (χ3n) is 6.59. The van der Waals surface area contributed by atoms with E-state index in [-0.39, 0.29) is 11.4 Å². The first-order valence-corrected chi connectivity index (χ1v) is 11.4. The van der Waals surface area contributed by atoms with Crippen molar-refractivity contribution in [1.82, 2.24) is 0 Å². The first-order valence-electron chi connectivity index (χ1n) is 10.6. The Labute approximate surface area is 196 Å². The van der Waals surface area contributed by atoms with Crippen molar-refractivity contribution < 1.29 is 14.3 Å². The van der Waals surface area contributed by atoms with E-state index in [1.807, 2.05) is 36.5 Å². The topological polar surface area (TPSA) is 51.1 Å². The maximum atomic E-state index is 12.2. The fourth-order valence-electron chi connectivity index (χ4n) is 4.65. The summed E-state index contributed by atoms with van der Waals surface area (Å²) in [4.78, 5) is 19.3. The van der Waals surface area contributed by atoms with E-state index in [1.165, 1.54) is 5.56 Å². The molecule has 3 aromatic rings. The average molecular weight is 493 g/mol. The summed E-state index contributed by atoms with van der Waals surface area (Å²) in [5.74, 6) is 0.891. The van der Waals surface area contributed by atoms with Crippen LogP contribution >= 0.6 is 15.9 Å². The molecule has 0 fully saturated rings. The van der Waals surface area contributed by atoms with Gasteiger partial charge in [-0.25, -0.2) is 0 Å². The van der Waals surface area contributed by atoms with Gasteiger partial charge < -0.3 is 14.4 Å². The van der Waals surface area contributed by atoms with E-state index in [1.54, 1.807) is 19.9 Å². The normalized spacial score (nSPS) is 20.8. The van der Waals surface area contributed by atoms with Gasteiger partial charge in [-0.15, -0.1) is 0 Å². The molecule has 32 heavy (non-hydrogen) atoms. The Bertz CT molecular complexity index is 1290. The van der Waals surface area contributed by atoms with Crippen LogP contribution < -0.4 is 14.4 Å². The number of rotatable bonds is 2. The van der Waals surface area contributed by atoms with Gasteiger partial charge in [0, 0.05) is 18.1 Å². The number of likely N-dealkylation sites (N-methyl/N-ethyl adjacent to an activating group) is 1. The smallest absolute Gasteiger partial charge is 0.327 e. The molecule has 1 atom stereocenters. The number of carbonyl (C=O) groups excluding carboxylic acids is 1. The van der Waals surface area contributed by atoms with E-state index in [0.717, 1.165) is 27.9 Å². The Kier molecular flexibility index (Phi) is 4.48. The molecule has 2 heterocycles. The number of halogens is 1. The van der Waals surface area contributed by atoms with Crippen molar-refractivity contribution in [3.8, 4) is 11.5 Å². The molecule has 0 aliphatic carbocycles. The first-order chi connectivity index (χ1) is 15.0. The molecule has 0 amide bonds. The van der Waals surface area contributed by atoms with Crippen molar-refractivity contribution in [1.29, 1.82) is 0 Å². The van der Waals surface area contributed by atoms with E-state index in [2.05, 4.69) is 59.9 Å². The zero-order chi connectivity index (χ0) is 22.9. The molecule has 1 spiro atoms. The Balaban J connectivity index is 1.54. The standard InChI is InChI=1S/C26H25BrN2O3/c1-24(2)19-8-6-7-9-20(19)29(5)26(24)15-28-22-18-12-11-17(31-23(30)25(3,4)27)14-16(18)10-13-21(22)32-26/h6-15H,1-5H3. The number of hydrogen-bond acceptors (Lipinski definition) is 5. The number of anilines is 1. The van der Waals surface area contributed by atoms with E-state index >= 15 is 0 Å². The molecule has 1 unspecified atom stereocenters. The van der Waals surface area contributed by atoms with Gasteiger partial charge in [0.1, 0.15) is 21.5 Å². The summed E-state index contributed by atoms with van der Waals surface area (Å²) in [5.41, 5.74) is 2.16. The van der Waals surface area contributed by atoms with Gasteiger partial charge in [-0.3, -0.25) is 9.79 Å². The second-order valence-corrected chi connectivity index (χ2v) is 11.4. The largest absolute Gasteiger partial charge is 0.459 e. The predicted octanol–water partition coefficient (Wildman–Crippen LogP) is 6.14. The minimum atomic E-state index is -0.748. The van der Waals surface area contributed by atoms with Crippen molar-refractivity contribution in [2.24, 2.45) is 4.99 Å². The van der Waals surface area contributed by atoms with E-state index < -0.39 is 10.0 Å². The number of esters is 1. The SMILES string of the molecule is CN1c2ccccc2C(C)(C)C12C=Nc1c(ccc3cc(OC(=O)C(C)(C)Br)ccc13)O2. The van der Waals surface area contributed by atoms with Crippen LogP contribution in [0, 0.1) is 0 Å². The van der Waals surface area contributed by atoms with Crippen LogP contribution in [0.3, 0.4) is 0 Å². The zero-order valence-corrected chi connectivity index (χ0v) is 20.4. The highest BCUT2D eigenvalue weighted by Crippen LogP contribution is 2.54. The summed E-state index contributed by atoms with van der Waals surface area (Å²) < 4.78 is 11.5. The molecule has 6 heteroatoms. The first kappa shape index (κ1) is 21.0. The molecule has 3 aromatic carbocycles. The van der Waals surface area contributed by atoms with Gasteiger partial charge in [0.25, 0.3) is 0 Å². The van der Waals surface area contributed by atoms with Gasteiger partial charge in [-0.1, -0.05) is 40.2 Å². The molecule has 0 saturated carbocycles.